The van der Waals surface area contributed by atoms with Crippen LogP contribution in [0.25, 0.3) is 0 Å². The van der Waals surface area contributed by atoms with Crippen LogP contribution in [-0.4, -0.2) is 46.3 Å². The van der Waals surface area contributed by atoms with Gasteiger partial charge in [-0.05, 0) is 6.42 Å². The molecular formula is C13H21N3O4. The quantitative estimate of drug-likeness (QED) is 0.700. The standard InChI is InChI=1S/C13H21N3O4/c1-3-4-10(16-6-5-14-9-16)7-12(17)15-8-11(20-2)13(18)19/h5-6,9-11H,3-4,7-8H2,1-2H3,(H,15,17)(H,18,19). The van der Waals surface area contributed by atoms with Crippen molar-refractivity contribution in [3.8, 4) is 0 Å². The number of methoxy groups -OCH3 is 1. The van der Waals surface area contributed by atoms with Gasteiger partial charge in [0.25, 0.3) is 0 Å². The summed E-state index contributed by atoms with van der Waals surface area (Å²) in [5, 5.41) is 11.4. The first-order valence-electron chi connectivity index (χ1n) is 6.58. The van der Waals surface area contributed by atoms with Gasteiger partial charge in [-0.3, -0.25) is 4.79 Å². The highest BCUT2D eigenvalue weighted by molar-refractivity contribution is 5.78. The minimum absolute atomic E-state index is 0.0343. The summed E-state index contributed by atoms with van der Waals surface area (Å²) in [6.45, 7) is 2.01. The minimum atomic E-state index is -1.09. The molecule has 1 rings (SSSR count). The van der Waals surface area contributed by atoms with E-state index in [0.717, 1.165) is 12.8 Å². The summed E-state index contributed by atoms with van der Waals surface area (Å²) >= 11 is 0. The molecule has 112 valence electrons. The molecule has 0 aromatic carbocycles. The Bertz CT molecular complexity index is 419. The molecule has 0 aliphatic carbocycles. The van der Waals surface area contributed by atoms with Crippen molar-refractivity contribution in [2.75, 3.05) is 13.7 Å². The molecule has 1 amide bonds. The number of nitrogens with one attached hydrogen (secondary N) is 1. The highest BCUT2D eigenvalue weighted by Crippen LogP contribution is 2.17. The number of carboxylic acid groups (broad SMARTS) is 1. The van der Waals surface area contributed by atoms with Crippen molar-refractivity contribution in [3.05, 3.63) is 18.7 Å². The van der Waals surface area contributed by atoms with Crippen LogP contribution in [0.4, 0.5) is 0 Å². The Morgan fingerprint density at radius 3 is 2.75 bits per heavy atom. The van der Waals surface area contributed by atoms with E-state index in [0.29, 0.717) is 6.42 Å². The Balaban J connectivity index is 2.48. The molecule has 0 fully saturated rings. The lowest BCUT2D eigenvalue weighted by atomic mass is 10.1. The van der Waals surface area contributed by atoms with Gasteiger partial charge < -0.3 is 19.7 Å². The highest BCUT2D eigenvalue weighted by Gasteiger charge is 2.19. The molecule has 2 atom stereocenters. The second-order valence-corrected chi connectivity index (χ2v) is 4.52. The lowest BCUT2D eigenvalue weighted by molar-refractivity contribution is -0.148. The van der Waals surface area contributed by atoms with Gasteiger partial charge >= 0.3 is 5.97 Å². The summed E-state index contributed by atoms with van der Waals surface area (Å²) in [5.74, 6) is -1.28. The van der Waals surface area contributed by atoms with E-state index in [2.05, 4.69) is 10.3 Å². The molecule has 20 heavy (non-hydrogen) atoms. The van der Waals surface area contributed by atoms with Crippen molar-refractivity contribution in [1.29, 1.82) is 0 Å². The molecular weight excluding hydrogens is 262 g/mol. The second-order valence-electron chi connectivity index (χ2n) is 4.52. The lowest BCUT2D eigenvalue weighted by Crippen LogP contribution is -2.38. The zero-order valence-electron chi connectivity index (χ0n) is 11.8. The number of carboxylic acids is 1. The van der Waals surface area contributed by atoms with Crippen molar-refractivity contribution in [2.24, 2.45) is 0 Å². The summed E-state index contributed by atoms with van der Waals surface area (Å²) < 4.78 is 6.65. The molecule has 2 N–H and O–H groups in total. The van der Waals surface area contributed by atoms with Crippen LogP contribution in [0.5, 0.6) is 0 Å². The smallest absolute Gasteiger partial charge is 0.334 e. The molecule has 1 heterocycles. The minimum Gasteiger partial charge on any atom is -0.479 e. The average molecular weight is 283 g/mol. The maximum Gasteiger partial charge on any atom is 0.334 e. The van der Waals surface area contributed by atoms with E-state index in [-0.39, 0.29) is 18.5 Å². The predicted octanol–water partition coefficient (Wildman–Crippen LogP) is 0.830. The molecule has 0 aliphatic heterocycles. The number of aromatic nitrogens is 2. The van der Waals surface area contributed by atoms with Crippen LogP contribution in [0.3, 0.4) is 0 Å². The van der Waals surface area contributed by atoms with E-state index >= 15 is 0 Å². The van der Waals surface area contributed by atoms with Gasteiger partial charge in [0.1, 0.15) is 0 Å². The van der Waals surface area contributed by atoms with Crippen molar-refractivity contribution in [1.82, 2.24) is 14.9 Å². The number of carbonyl (C=O) groups is 2. The van der Waals surface area contributed by atoms with E-state index in [1.54, 1.807) is 12.5 Å². The zero-order valence-corrected chi connectivity index (χ0v) is 11.8. The number of amides is 1. The molecule has 0 saturated carbocycles. The topological polar surface area (TPSA) is 93.5 Å². The van der Waals surface area contributed by atoms with Gasteiger partial charge in [0, 0.05) is 32.0 Å². The number of imidazole rings is 1. The predicted molar refractivity (Wildman–Crippen MR) is 72.2 cm³/mol. The van der Waals surface area contributed by atoms with Gasteiger partial charge in [-0.2, -0.15) is 0 Å². The summed E-state index contributed by atoms with van der Waals surface area (Å²) in [6.07, 6.45) is 6.26. The number of rotatable bonds is 9. The third kappa shape index (κ3) is 5.00. The number of nitrogens with zero attached hydrogens (tertiary/aromatic N) is 2. The Hall–Kier alpha value is -1.89. The van der Waals surface area contributed by atoms with E-state index in [4.69, 9.17) is 9.84 Å². The fraction of sp³-hybridized carbons (Fsp3) is 0.615. The van der Waals surface area contributed by atoms with Gasteiger partial charge in [0.2, 0.25) is 5.91 Å². The fourth-order valence-electron chi connectivity index (χ4n) is 1.94. The lowest BCUT2D eigenvalue weighted by Gasteiger charge is -2.18. The summed E-state index contributed by atoms with van der Waals surface area (Å²) in [4.78, 5) is 26.6. The Labute approximate surface area is 118 Å². The van der Waals surface area contributed by atoms with Crippen molar-refractivity contribution >= 4 is 11.9 Å². The van der Waals surface area contributed by atoms with Gasteiger partial charge in [0.15, 0.2) is 6.10 Å². The number of hydrogen-bond acceptors (Lipinski definition) is 4. The number of carbonyl (C=O) groups excluding carboxylic acids is 1. The van der Waals surface area contributed by atoms with Crippen LogP contribution in [0, 0.1) is 0 Å². The SMILES string of the molecule is CCCC(CC(=O)NCC(OC)C(=O)O)n1ccnc1. The Morgan fingerprint density at radius 1 is 1.50 bits per heavy atom. The third-order valence-electron chi connectivity index (χ3n) is 3.03. The summed E-state index contributed by atoms with van der Waals surface area (Å²) in [6, 6.07) is 0.0355. The van der Waals surface area contributed by atoms with Crippen molar-refractivity contribution in [3.63, 3.8) is 0 Å². The first-order chi connectivity index (χ1) is 9.58. The molecule has 0 spiro atoms. The molecule has 0 aliphatic rings. The molecule has 0 bridgehead atoms. The largest absolute Gasteiger partial charge is 0.479 e. The first kappa shape index (κ1) is 16.2. The Morgan fingerprint density at radius 2 is 2.25 bits per heavy atom. The molecule has 0 saturated heterocycles. The van der Waals surface area contributed by atoms with E-state index in [9.17, 15) is 9.59 Å². The maximum atomic E-state index is 11.9. The number of hydrogen-bond donors (Lipinski definition) is 2. The molecule has 7 heteroatoms. The molecule has 1 aromatic heterocycles. The van der Waals surface area contributed by atoms with Gasteiger partial charge in [-0.15, -0.1) is 0 Å². The number of ether oxygens (including phenoxy) is 1. The monoisotopic (exact) mass is 283 g/mol. The van der Waals surface area contributed by atoms with Gasteiger partial charge in [0.05, 0.1) is 12.9 Å². The van der Waals surface area contributed by atoms with E-state index in [1.807, 2.05) is 17.7 Å². The van der Waals surface area contributed by atoms with Crippen molar-refractivity contribution < 1.29 is 19.4 Å². The highest BCUT2D eigenvalue weighted by atomic mass is 16.5. The van der Waals surface area contributed by atoms with E-state index in [1.165, 1.54) is 7.11 Å². The average Bonchev–Trinajstić information content (AvgIpc) is 2.92. The molecule has 7 nitrogen and oxygen atoms in total. The van der Waals surface area contributed by atoms with Crippen LogP contribution >= 0.6 is 0 Å². The van der Waals surface area contributed by atoms with Gasteiger partial charge in [-0.25, -0.2) is 9.78 Å². The van der Waals surface area contributed by atoms with Crippen molar-refractivity contribution in [2.45, 2.75) is 38.3 Å². The Kier molecular flexibility index (Phi) is 6.72. The molecule has 0 radical (unpaired) electrons. The van der Waals surface area contributed by atoms with Crippen LogP contribution in [0.1, 0.15) is 32.2 Å². The first-order valence-corrected chi connectivity index (χ1v) is 6.58. The summed E-state index contributed by atoms with van der Waals surface area (Å²) in [5.41, 5.74) is 0. The second kappa shape index (κ2) is 8.31. The fourth-order valence-corrected chi connectivity index (χ4v) is 1.94. The van der Waals surface area contributed by atoms with Crippen LogP contribution in [0.15, 0.2) is 18.7 Å². The van der Waals surface area contributed by atoms with Crippen LogP contribution in [0.2, 0.25) is 0 Å². The third-order valence-corrected chi connectivity index (χ3v) is 3.03. The molecule has 1 aromatic rings. The van der Waals surface area contributed by atoms with Gasteiger partial charge in [-0.1, -0.05) is 13.3 Å². The maximum absolute atomic E-state index is 11.9. The van der Waals surface area contributed by atoms with Crippen LogP contribution < -0.4 is 5.32 Å². The number of aliphatic carboxylic acids is 1. The summed E-state index contributed by atoms with van der Waals surface area (Å²) in [7, 11) is 1.30. The van der Waals surface area contributed by atoms with Crippen LogP contribution in [-0.2, 0) is 14.3 Å². The molecule has 2 unspecified atom stereocenters. The van der Waals surface area contributed by atoms with E-state index < -0.39 is 12.1 Å². The zero-order chi connectivity index (χ0) is 15.0. The normalized spacial score (nSPS) is 13.7.